The summed E-state index contributed by atoms with van der Waals surface area (Å²) in [7, 11) is 0. The highest BCUT2D eigenvalue weighted by molar-refractivity contribution is 7.98. The van der Waals surface area contributed by atoms with Crippen LogP contribution in [0.5, 0.6) is 0 Å². The number of pyridine rings is 1. The average Bonchev–Trinajstić information content (AvgIpc) is 2.94. The lowest BCUT2D eigenvalue weighted by molar-refractivity contribution is 0.0761. The van der Waals surface area contributed by atoms with Crippen LogP contribution in [0.3, 0.4) is 0 Å². The Morgan fingerprint density at radius 2 is 2.40 bits per heavy atom. The highest BCUT2D eigenvalue weighted by Crippen LogP contribution is 2.25. The molecular weight excluding hydrogens is 290 g/mol. The number of thioether (sulfide) groups is 1. The van der Waals surface area contributed by atoms with Gasteiger partial charge in [0.25, 0.3) is 0 Å². The summed E-state index contributed by atoms with van der Waals surface area (Å²) in [5.41, 5.74) is 1.65. The molecule has 6 heteroatoms. The Morgan fingerprint density at radius 3 is 3.15 bits per heavy atom. The molecule has 0 saturated carbocycles. The van der Waals surface area contributed by atoms with Gasteiger partial charge in [-0.05, 0) is 26.0 Å². The van der Waals surface area contributed by atoms with E-state index in [2.05, 4.69) is 16.0 Å². The molecule has 0 unspecified atom stereocenters. The van der Waals surface area contributed by atoms with Crippen molar-refractivity contribution in [2.75, 3.05) is 6.61 Å². The fraction of sp³-hybridized carbons (Fsp3) is 0.357. The molecule has 0 bridgehead atoms. The average molecular weight is 305 g/mol. The van der Waals surface area contributed by atoms with Crippen molar-refractivity contribution >= 4 is 23.1 Å². The summed E-state index contributed by atoms with van der Waals surface area (Å²) in [6.45, 7) is 4.68. The molecule has 0 aliphatic carbocycles. The topological polar surface area (TPSA) is 58.8 Å². The highest BCUT2D eigenvalue weighted by Gasteiger charge is 2.10. The van der Waals surface area contributed by atoms with Crippen molar-refractivity contribution in [1.82, 2.24) is 9.97 Å². The molecule has 2 aromatic heterocycles. The van der Waals surface area contributed by atoms with Crippen LogP contribution in [-0.2, 0) is 10.5 Å². The number of nitriles is 1. The fourth-order valence-corrected chi connectivity index (χ4v) is 3.32. The summed E-state index contributed by atoms with van der Waals surface area (Å²) < 4.78 is 5.53. The minimum atomic E-state index is 0.0452. The third kappa shape index (κ3) is 4.04. The van der Waals surface area contributed by atoms with E-state index < -0.39 is 0 Å². The Kier molecular flexibility index (Phi) is 5.53. The van der Waals surface area contributed by atoms with E-state index >= 15 is 0 Å². The number of thiazole rings is 1. The van der Waals surface area contributed by atoms with E-state index in [0.717, 1.165) is 21.5 Å². The van der Waals surface area contributed by atoms with E-state index in [0.29, 0.717) is 12.2 Å². The summed E-state index contributed by atoms with van der Waals surface area (Å²) in [6, 6.07) is 5.61. The summed E-state index contributed by atoms with van der Waals surface area (Å²) in [6.07, 6.45) is 1.70. The number of hydrogen-bond donors (Lipinski definition) is 0. The van der Waals surface area contributed by atoms with Crippen molar-refractivity contribution in [2.45, 2.75) is 30.7 Å². The first kappa shape index (κ1) is 15.0. The van der Waals surface area contributed by atoms with Gasteiger partial charge in [0, 0.05) is 23.9 Å². The van der Waals surface area contributed by atoms with Crippen molar-refractivity contribution in [1.29, 1.82) is 5.26 Å². The van der Waals surface area contributed by atoms with Crippen LogP contribution in [-0.4, -0.2) is 16.6 Å². The third-order valence-corrected chi connectivity index (χ3v) is 4.58. The summed E-state index contributed by atoms with van der Waals surface area (Å²) in [5, 5.41) is 12.7. The minimum absolute atomic E-state index is 0.0452. The Balaban J connectivity index is 1.95. The van der Waals surface area contributed by atoms with Crippen molar-refractivity contribution in [2.24, 2.45) is 0 Å². The van der Waals surface area contributed by atoms with Gasteiger partial charge in [-0.1, -0.05) is 11.8 Å². The molecule has 2 rings (SSSR count). The predicted molar refractivity (Wildman–Crippen MR) is 80.7 cm³/mol. The standard InChI is InChI=1S/C14H15N3OS2/c1-3-18-10(2)14-17-12(9-20-14)8-19-13-6-11(7-15)4-5-16-13/h4-6,9-10H,3,8H2,1-2H3/t10-/m1/s1. The molecular formula is C14H15N3OS2. The van der Waals surface area contributed by atoms with Crippen LogP contribution >= 0.6 is 23.1 Å². The molecule has 0 aliphatic heterocycles. The molecule has 104 valence electrons. The van der Waals surface area contributed by atoms with Crippen LogP contribution in [0.4, 0.5) is 0 Å². The zero-order valence-electron chi connectivity index (χ0n) is 11.4. The second-order valence-corrected chi connectivity index (χ2v) is 5.94. The first-order valence-electron chi connectivity index (χ1n) is 6.27. The van der Waals surface area contributed by atoms with Gasteiger partial charge in [-0.2, -0.15) is 5.26 Å². The number of aromatic nitrogens is 2. The summed E-state index contributed by atoms with van der Waals surface area (Å²) in [5.74, 6) is 0.747. The van der Waals surface area contributed by atoms with Gasteiger partial charge in [0.05, 0.1) is 22.4 Å². The van der Waals surface area contributed by atoms with Gasteiger partial charge < -0.3 is 4.74 Å². The van der Waals surface area contributed by atoms with Crippen LogP contribution < -0.4 is 0 Å². The van der Waals surface area contributed by atoms with Gasteiger partial charge in [-0.25, -0.2) is 9.97 Å². The van der Waals surface area contributed by atoms with Gasteiger partial charge in [0.15, 0.2) is 0 Å². The molecule has 4 nitrogen and oxygen atoms in total. The lowest BCUT2D eigenvalue weighted by atomic mass is 10.3. The van der Waals surface area contributed by atoms with Crippen LogP contribution in [0.15, 0.2) is 28.7 Å². The largest absolute Gasteiger partial charge is 0.372 e. The fourth-order valence-electron chi connectivity index (χ4n) is 1.60. The molecule has 0 amide bonds. The summed E-state index contributed by atoms with van der Waals surface area (Å²) in [4.78, 5) is 8.80. The molecule has 2 heterocycles. The van der Waals surface area contributed by atoms with Gasteiger partial charge in [0.2, 0.25) is 0 Å². The Bertz CT molecular complexity index is 606. The molecule has 0 aliphatic rings. The molecule has 20 heavy (non-hydrogen) atoms. The lowest BCUT2D eigenvalue weighted by Gasteiger charge is -2.06. The maximum absolute atomic E-state index is 8.85. The maximum atomic E-state index is 8.85. The zero-order valence-corrected chi connectivity index (χ0v) is 13.0. The van der Waals surface area contributed by atoms with E-state index in [9.17, 15) is 0 Å². The molecule has 0 aromatic carbocycles. The Hall–Kier alpha value is -1.42. The van der Waals surface area contributed by atoms with Crippen molar-refractivity contribution in [3.8, 4) is 6.07 Å². The molecule has 0 saturated heterocycles. The smallest absolute Gasteiger partial charge is 0.122 e. The number of hydrogen-bond acceptors (Lipinski definition) is 6. The SMILES string of the molecule is CCO[C@H](C)c1nc(CSc2cc(C#N)ccn2)cs1. The predicted octanol–water partition coefficient (Wildman–Crippen LogP) is 3.80. The van der Waals surface area contributed by atoms with E-state index in [1.54, 1.807) is 41.4 Å². The first-order valence-corrected chi connectivity index (χ1v) is 8.14. The van der Waals surface area contributed by atoms with E-state index in [1.165, 1.54) is 0 Å². The van der Waals surface area contributed by atoms with Crippen molar-refractivity contribution in [3.05, 3.63) is 40.0 Å². The molecule has 0 N–H and O–H groups in total. The number of ether oxygens (including phenoxy) is 1. The lowest BCUT2D eigenvalue weighted by Crippen LogP contribution is -1.98. The number of nitrogens with zero attached hydrogens (tertiary/aromatic N) is 3. The van der Waals surface area contributed by atoms with E-state index in [1.807, 2.05) is 19.2 Å². The summed E-state index contributed by atoms with van der Waals surface area (Å²) >= 11 is 3.20. The van der Waals surface area contributed by atoms with Gasteiger partial charge in [-0.3, -0.25) is 0 Å². The first-order chi connectivity index (χ1) is 9.72. The maximum Gasteiger partial charge on any atom is 0.122 e. The van der Waals surface area contributed by atoms with Crippen molar-refractivity contribution < 1.29 is 4.74 Å². The van der Waals surface area contributed by atoms with Crippen LogP contribution in [0.2, 0.25) is 0 Å². The zero-order chi connectivity index (χ0) is 14.4. The normalized spacial score (nSPS) is 12.1. The Morgan fingerprint density at radius 1 is 1.55 bits per heavy atom. The molecule has 0 fully saturated rings. The van der Waals surface area contributed by atoms with Gasteiger partial charge in [-0.15, -0.1) is 11.3 Å². The van der Waals surface area contributed by atoms with Crippen molar-refractivity contribution in [3.63, 3.8) is 0 Å². The van der Waals surface area contributed by atoms with E-state index in [-0.39, 0.29) is 6.10 Å². The van der Waals surface area contributed by atoms with Crippen LogP contribution in [0, 0.1) is 11.3 Å². The van der Waals surface area contributed by atoms with Crippen LogP contribution in [0.1, 0.15) is 36.2 Å². The third-order valence-electron chi connectivity index (χ3n) is 2.57. The molecule has 1 atom stereocenters. The number of rotatable bonds is 6. The second-order valence-electron chi connectivity index (χ2n) is 4.06. The monoisotopic (exact) mass is 305 g/mol. The van der Waals surface area contributed by atoms with E-state index in [4.69, 9.17) is 10.00 Å². The van der Waals surface area contributed by atoms with Crippen LogP contribution in [0.25, 0.3) is 0 Å². The molecule has 0 spiro atoms. The minimum Gasteiger partial charge on any atom is -0.372 e. The van der Waals surface area contributed by atoms with Gasteiger partial charge in [0.1, 0.15) is 11.1 Å². The molecule has 2 aromatic rings. The molecule has 0 radical (unpaired) electrons. The Labute approximate surface area is 126 Å². The quantitative estimate of drug-likeness (QED) is 0.760. The van der Waals surface area contributed by atoms with Gasteiger partial charge >= 0.3 is 0 Å². The highest BCUT2D eigenvalue weighted by atomic mass is 32.2. The second kappa shape index (κ2) is 7.39.